The maximum absolute atomic E-state index is 12.4. The fraction of sp³-hybridized carbons (Fsp3) is 0.238. The topological polar surface area (TPSA) is 76.4 Å². The Morgan fingerprint density at radius 2 is 1.96 bits per heavy atom. The molecular formula is C21H23N3O3. The fourth-order valence-corrected chi connectivity index (χ4v) is 2.84. The molecule has 27 heavy (non-hydrogen) atoms. The van der Waals surface area contributed by atoms with Gasteiger partial charge in [-0.05, 0) is 30.2 Å². The predicted molar refractivity (Wildman–Crippen MR) is 103 cm³/mol. The molecule has 0 spiro atoms. The van der Waals surface area contributed by atoms with Crippen LogP contribution in [-0.4, -0.2) is 27.2 Å². The molecule has 3 rings (SSSR count). The van der Waals surface area contributed by atoms with E-state index in [1.54, 1.807) is 19.4 Å². The van der Waals surface area contributed by atoms with E-state index in [1.165, 1.54) is 0 Å². The van der Waals surface area contributed by atoms with Gasteiger partial charge in [-0.1, -0.05) is 42.5 Å². The normalized spacial score (nSPS) is 11.8. The first-order valence-corrected chi connectivity index (χ1v) is 8.88. The van der Waals surface area contributed by atoms with Crippen LogP contribution in [0.3, 0.4) is 0 Å². The van der Waals surface area contributed by atoms with E-state index in [0.717, 1.165) is 22.5 Å². The SMILES string of the molecule is CCOC(=O)C(Nc1ccc(Cn2[14cH]ncc2CO)cc1)c1ccccc1. The highest BCUT2D eigenvalue weighted by atomic mass is 16.5. The number of ether oxygens (including phenoxy) is 1. The van der Waals surface area contributed by atoms with Gasteiger partial charge < -0.3 is 19.7 Å². The predicted octanol–water partition coefficient (Wildman–Crippen LogP) is 3.14. The number of hydrogen-bond acceptors (Lipinski definition) is 5. The molecule has 1 unspecified atom stereocenters. The highest BCUT2D eigenvalue weighted by molar-refractivity contribution is 5.81. The highest BCUT2D eigenvalue weighted by Crippen LogP contribution is 2.22. The molecule has 2 N–H and O–H groups in total. The van der Waals surface area contributed by atoms with Gasteiger partial charge in [-0.15, -0.1) is 0 Å². The summed E-state index contributed by atoms with van der Waals surface area (Å²) in [6.45, 7) is 2.71. The number of aliphatic hydroxyl groups is 1. The molecular weight excluding hydrogens is 344 g/mol. The summed E-state index contributed by atoms with van der Waals surface area (Å²) >= 11 is 0. The lowest BCUT2D eigenvalue weighted by Gasteiger charge is -2.19. The van der Waals surface area contributed by atoms with E-state index in [1.807, 2.05) is 59.2 Å². The summed E-state index contributed by atoms with van der Waals surface area (Å²) in [6.07, 6.45) is 3.35. The molecule has 0 bridgehead atoms. The summed E-state index contributed by atoms with van der Waals surface area (Å²) in [4.78, 5) is 16.4. The fourth-order valence-electron chi connectivity index (χ4n) is 2.84. The second-order valence-corrected chi connectivity index (χ2v) is 6.11. The quantitative estimate of drug-likeness (QED) is 0.598. The van der Waals surface area contributed by atoms with Crippen LogP contribution in [0.25, 0.3) is 0 Å². The van der Waals surface area contributed by atoms with Gasteiger partial charge in [-0.3, -0.25) is 0 Å². The second kappa shape index (κ2) is 9.00. The maximum Gasteiger partial charge on any atom is 0.333 e. The van der Waals surface area contributed by atoms with Gasteiger partial charge in [0.05, 0.1) is 31.4 Å². The van der Waals surface area contributed by atoms with Crippen molar-refractivity contribution in [1.82, 2.24) is 9.55 Å². The number of carbonyl (C=O) groups excluding carboxylic acids is 1. The molecule has 0 aliphatic rings. The summed E-state index contributed by atoms with van der Waals surface area (Å²) in [7, 11) is 0. The van der Waals surface area contributed by atoms with E-state index in [-0.39, 0.29) is 12.6 Å². The van der Waals surface area contributed by atoms with Crippen molar-refractivity contribution in [2.45, 2.75) is 26.1 Å². The first kappa shape index (κ1) is 18.7. The van der Waals surface area contributed by atoms with Crippen LogP contribution in [0.4, 0.5) is 5.69 Å². The zero-order valence-corrected chi connectivity index (χ0v) is 15.2. The number of nitrogens with one attached hydrogen (secondary N) is 1. The summed E-state index contributed by atoms with van der Waals surface area (Å²) in [5.74, 6) is -0.307. The Balaban J connectivity index is 1.74. The molecule has 6 nitrogen and oxygen atoms in total. The number of aromatic nitrogens is 2. The van der Waals surface area contributed by atoms with Crippen LogP contribution < -0.4 is 5.32 Å². The summed E-state index contributed by atoms with van der Waals surface area (Å²) < 4.78 is 7.11. The van der Waals surface area contributed by atoms with Crippen LogP contribution in [0.15, 0.2) is 67.1 Å². The molecule has 0 radical (unpaired) electrons. The number of aliphatic hydroxyl groups excluding tert-OH is 1. The monoisotopic (exact) mass is 367 g/mol. The van der Waals surface area contributed by atoms with Gasteiger partial charge in [0.15, 0.2) is 6.04 Å². The Labute approximate surface area is 158 Å². The Bertz CT molecular complexity index is 860. The van der Waals surface area contributed by atoms with Crippen molar-refractivity contribution < 1.29 is 14.6 Å². The molecule has 140 valence electrons. The van der Waals surface area contributed by atoms with Gasteiger partial charge in [0.2, 0.25) is 0 Å². The van der Waals surface area contributed by atoms with Gasteiger partial charge in [0.25, 0.3) is 0 Å². The smallest absolute Gasteiger partial charge is 0.333 e. The van der Waals surface area contributed by atoms with E-state index in [2.05, 4.69) is 10.3 Å². The average molecular weight is 367 g/mol. The highest BCUT2D eigenvalue weighted by Gasteiger charge is 2.21. The Hall–Kier alpha value is -3.12. The van der Waals surface area contributed by atoms with Gasteiger partial charge in [-0.25, -0.2) is 9.78 Å². The van der Waals surface area contributed by atoms with Crippen molar-refractivity contribution in [3.8, 4) is 0 Å². The third-order valence-corrected chi connectivity index (χ3v) is 4.23. The van der Waals surface area contributed by atoms with Gasteiger partial charge >= 0.3 is 5.97 Å². The molecule has 0 saturated carbocycles. The summed E-state index contributed by atoms with van der Waals surface area (Å²) in [5.41, 5.74) is 3.52. The molecule has 0 saturated heterocycles. The minimum Gasteiger partial charge on any atom is -0.464 e. The number of esters is 1. The van der Waals surface area contributed by atoms with E-state index in [0.29, 0.717) is 13.2 Å². The number of carbonyl (C=O) groups is 1. The molecule has 1 aromatic heterocycles. The van der Waals surface area contributed by atoms with Crippen molar-refractivity contribution in [3.63, 3.8) is 0 Å². The number of hydrogen-bond donors (Lipinski definition) is 2. The van der Waals surface area contributed by atoms with Crippen LogP contribution in [0.1, 0.15) is 29.8 Å². The third kappa shape index (κ3) is 4.74. The summed E-state index contributed by atoms with van der Waals surface area (Å²) in [5, 5.41) is 12.6. The zero-order valence-electron chi connectivity index (χ0n) is 15.2. The summed E-state index contributed by atoms with van der Waals surface area (Å²) in [6, 6.07) is 16.8. The number of anilines is 1. The molecule has 2 aromatic carbocycles. The number of benzene rings is 2. The lowest BCUT2D eigenvalue weighted by Crippen LogP contribution is -2.23. The van der Waals surface area contributed by atoms with Crippen molar-refractivity contribution in [2.75, 3.05) is 11.9 Å². The van der Waals surface area contributed by atoms with Crippen molar-refractivity contribution in [1.29, 1.82) is 0 Å². The van der Waals surface area contributed by atoms with Crippen LogP contribution in [0.5, 0.6) is 0 Å². The van der Waals surface area contributed by atoms with Crippen LogP contribution >= 0.6 is 0 Å². The lowest BCUT2D eigenvalue weighted by molar-refractivity contribution is -0.144. The number of nitrogens with zero attached hydrogens (tertiary/aromatic N) is 2. The van der Waals surface area contributed by atoms with E-state index in [4.69, 9.17) is 4.74 Å². The van der Waals surface area contributed by atoms with Crippen LogP contribution in [0.2, 0.25) is 0 Å². The molecule has 0 fully saturated rings. The molecule has 1 atom stereocenters. The standard InChI is InChI=1S/C21H23N3O3/c1-2-27-21(26)20(17-6-4-3-5-7-17)23-18-10-8-16(9-11-18)13-24-15-22-12-19(24)14-25/h3-12,15,20,23,25H,2,13-14H2,1H3/i15+2. The molecule has 0 amide bonds. The molecule has 6 heteroatoms. The van der Waals surface area contributed by atoms with E-state index < -0.39 is 6.04 Å². The van der Waals surface area contributed by atoms with Gasteiger partial charge in [-0.2, -0.15) is 0 Å². The minimum absolute atomic E-state index is 0.0437. The average Bonchev–Trinajstić information content (AvgIpc) is 3.15. The van der Waals surface area contributed by atoms with Crippen molar-refractivity contribution in [2.24, 2.45) is 0 Å². The molecule has 1 heterocycles. The van der Waals surface area contributed by atoms with Gasteiger partial charge in [0, 0.05) is 12.2 Å². The molecule has 0 aliphatic heterocycles. The maximum atomic E-state index is 12.4. The molecule has 3 aromatic rings. The number of rotatable bonds is 8. The minimum atomic E-state index is -0.563. The van der Waals surface area contributed by atoms with E-state index >= 15 is 0 Å². The lowest BCUT2D eigenvalue weighted by atomic mass is 10.1. The van der Waals surface area contributed by atoms with Crippen LogP contribution in [0, 0.1) is 0 Å². The number of imidazole rings is 1. The first-order chi connectivity index (χ1) is 13.2. The van der Waals surface area contributed by atoms with Crippen molar-refractivity contribution >= 4 is 11.7 Å². The Kier molecular flexibility index (Phi) is 6.22. The van der Waals surface area contributed by atoms with Crippen molar-refractivity contribution in [3.05, 3.63) is 83.9 Å². The van der Waals surface area contributed by atoms with Crippen LogP contribution in [-0.2, 0) is 22.7 Å². The Morgan fingerprint density at radius 1 is 1.22 bits per heavy atom. The third-order valence-electron chi connectivity index (χ3n) is 4.23. The second-order valence-electron chi connectivity index (χ2n) is 6.11. The Morgan fingerprint density at radius 3 is 2.63 bits per heavy atom. The van der Waals surface area contributed by atoms with Gasteiger partial charge in [0.1, 0.15) is 0 Å². The zero-order chi connectivity index (χ0) is 19.1. The van der Waals surface area contributed by atoms with E-state index in [9.17, 15) is 9.90 Å². The molecule has 0 aliphatic carbocycles. The first-order valence-electron chi connectivity index (χ1n) is 8.88. The largest absolute Gasteiger partial charge is 0.464 e.